The second-order valence-corrected chi connectivity index (χ2v) is 3.72. The SMILES string of the molecule is Cc1ccc(/C=C2/NC(=O)N(CC(=O)O)C2=O)o1. The molecule has 1 aliphatic heterocycles. The predicted octanol–water partition coefficient (Wildman–Crippen LogP) is 0.565. The molecule has 1 aromatic rings. The van der Waals surface area contributed by atoms with Crippen LogP contribution in [0, 0.1) is 6.92 Å². The van der Waals surface area contributed by atoms with Crippen molar-refractivity contribution in [2.24, 2.45) is 0 Å². The molecule has 7 heteroatoms. The number of carbonyl (C=O) groups is 3. The highest BCUT2D eigenvalue weighted by molar-refractivity contribution is 6.14. The van der Waals surface area contributed by atoms with Crippen LogP contribution >= 0.6 is 0 Å². The first-order valence-corrected chi connectivity index (χ1v) is 5.10. The summed E-state index contributed by atoms with van der Waals surface area (Å²) in [7, 11) is 0. The molecule has 3 amide bonds. The number of hydrogen-bond donors (Lipinski definition) is 2. The highest BCUT2D eigenvalue weighted by atomic mass is 16.4. The van der Waals surface area contributed by atoms with Crippen molar-refractivity contribution in [2.45, 2.75) is 6.92 Å². The van der Waals surface area contributed by atoms with Crippen molar-refractivity contribution in [3.05, 3.63) is 29.4 Å². The summed E-state index contributed by atoms with van der Waals surface area (Å²) >= 11 is 0. The van der Waals surface area contributed by atoms with Crippen molar-refractivity contribution in [3.63, 3.8) is 0 Å². The van der Waals surface area contributed by atoms with Gasteiger partial charge in [-0.3, -0.25) is 9.59 Å². The highest BCUT2D eigenvalue weighted by Gasteiger charge is 2.35. The molecule has 0 bridgehead atoms. The number of imide groups is 1. The van der Waals surface area contributed by atoms with E-state index in [1.807, 2.05) is 0 Å². The van der Waals surface area contributed by atoms with Crippen molar-refractivity contribution in [3.8, 4) is 0 Å². The predicted molar refractivity (Wildman–Crippen MR) is 59.3 cm³/mol. The third-order valence-corrected chi connectivity index (χ3v) is 2.30. The van der Waals surface area contributed by atoms with Gasteiger partial charge >= 0.3 is 12.0 Å². The Morgan fingerprint density at radius 3 is 2.78 bits per heavy atom. The van der Waals surface area contributed by atoms with E-state index in [-0.39, 0.29) is 5.70 Å². The normalized spacial score (nSPS) is 17.4. The summed E-state index contributed by atoms with van der Waals surface area (Å²) in [5, 5.41) is 10.9. The molecule has 0 aromatic carbocycles. The Labute approximate surface area is 102 Å². The smallest absolute Gasteiger partial charge is 0.329 e. The summed E-state index contributed by atoms with van der Waals surface area (Å²) < 4.78 is 5.23. The van der Waals surface area contributed by atoms with Gasteiger partial charge in [-0.1, -0.05) is 0 Å². The van der Waals surface area contributed by atoms with Gasteiger partial charge in [0.1, 0.15) is 23.8 Å². The van der Waals surface area contributed by atoms with Crippen LogP contribution in [0.3, 0.4) is 0 Å². The zero-order valence-electron chi connectivity index (χ0n) is 9.47. The number of nitrogens with zero attached hydrogens (tertiary/aromatic N) is 1. The molecule has 0 radical (unpaired) electrons. The summed E-state index contributed by atoms with van der Waals surface area (Å²) in [4.78, 5) is 34.2. The number of aliphatic carboxylic acids is 1. The average Bonchev–Trinajstić information content (AvgIpc) is 2.78. The minimum Gasteiger partial charge on any atom is -0.480 e. The number of amides is 3. The molecule has 2 N–H and O–H groups in total. The number of urea groups is 1. The topological polar surface area (TPSA) is 99.9 Å². The third kappa shape index (κ3) is 2.24. The maximum atomic E-state index is 11.7. The minimum absolute atomic E-state index is 0.00407. The van der Waals surface area contributed by atoms with Crippen LogP contribution in [0.15, 0.2) is 22.2 Å². The molecule has 18 heavy (non-hydrogen) atoms. The van der Waals surface area contributed by atoms with Gasteiger partial charge in [0.15, 0.2) is 0 Å². The van der Waals surface area contributed by atoms with Gasteiger partial charge in [-0.2, -0.15) is 0 Å². The Morgan fingerprint density at radius 2 is 2.22 bits per heavy atom. The molecule has 0 spiro atoms. The zero-order valence-corrected chi connectivity index (χ0v) is 9.47. The van der Waals surface area contributed by atoms with Gasteiger partial charge in [0.2, 0.25) is 0 Å². The zero-order chi connectivity index (χ0) is 13.3. The molecule has 1 aliphatic rings. The van der Waals surface area contributed by atoms with Gasteiger partial charge in [-0.25, -0.2) is 9.69 Å². The number of furan rings is 1. The summed E-state index contributed by atoms with van der Waals surface area (Å²) in [6.07, 6.45) is 1.36. The Balaban J connectivity index is 2.22. The van der Waals surface area contributed by atoms with E-state index < -0.39 is 24.5 Å². The number of carboxylic acid groups (broad SMARTS) is 1. The van der Waals surface area contributed by atoms with Crippen LogP contribution < -0.4 is 5.32 Å². The molecular formula is C11H10N2O5. The maximum absolute atomic E-state index is 11.7. The fourth-order valence-electron chi connectivity index (χ4n) is 1.52. The monoisotopic (exact) mass is 250 g/mol. The van der Waals surface area contributed by atoms with Crippen molar-refractivity contribution < 1.29 is 23.9 Å². The number of rotatable bonds is 3. The van der Waals surface area contributed by atoms with E-state index in [4.69, 9.17) is 9.52 Å². The van der Waals surface area contributed by atoms with Gasteiger partial charge in [-0.15, -0.1) is 0 Å². The van der Waals surface area contributed by atoms with Crippen molar-refractivity contribution >= 4 is 24.0 Å². The van der Waals surface area contributed by atoms with Crippen LogP contribution in [0.5, 0.6) is 0 Å². The third-order valence-electron chi connectivity index (χ3n) is 2.30. The lowest BCUT2D eigenvalue weighted by molar-refractivity contribution is -0.140. The van der Waals surface area contributed by atoms with Crippen LogP contribution in [0.2, 0.25) is 0 Å². The van der Waals surface area contributed by atoms with E-state index in [1.54, 1.807) is 19.1 Å². The molecule has 2 rings (SSSR count). The van der Waals surface area contributed by atoms with Gasteiger partial charge in [0.25, 0.3) is 5.91 Å². The molecule has 1 aromatic heterocycles. The molecule has 1 saturated heterocycles. The van der Waals surface area contributed by atoms with Crippen LogP contribution in [0.25, 0.3) is 6.08 Å². The summed E-state index contributed by atoms with van der Waals surface area (Å²) in [6.45, 7) is 1.08. The second-order valence-electron chi connectivity index (χ2n) is 3.72. The number of carbonyl (C=O) groups excluding carboxylic acids is 2. The Morgan fingerprint density at radius 1 is 1.50 bits per heavy atom. The number of aryl methyl sites for hydroxylation is 1. The Hall–Kier alpha value is -2.57. The standard InChI is InChI=1S/C11H10N2O5/c1-6-2-3-7(18-6)4-8-10(16)13(5-9(14)15)11(17)12-8/h2-4H,5H2,1H3,(H,12,17)(H,14,15)/b8-4+. The van der Waals surface area contributed by atoms with Crippen molar-refractivity contribution in [1.29, 1.82) is 0 Å². The molecule has 94 valence electrons. The molecule has 0 unspecified atom stereocenters. The van der Waals surface area contributed by atoms with Crippen LogP contribution in [-0.2, 0) is 9.59 Å². The average molecular weight is 250 g/mol. The van der Waals surface area contributed by atoms with Crippen molar-refractivity contribution in [2.75, 3.05) is 6.54 Å². The molecule has 1 fully saturated rings. The first-order chi connectivity index (χ1) is 8.47. The van der Waals surface area contributed by atoms with Gasteiger partial charge in [0.05, 0.1) is 0 Å². The van der Waals surface area contributed by atoms with E-state index in [9.17, 15) is 14.4 Å². The molecule has 2 heterocycles. The number of nitrogens with one attached hydrogen (secondary N) is 1. The van der Waals surface area contributed by atoms with Gasteiger partial charge in [0, 0.05) is 6.08 Å². The van der Waals surface area contributed by atoms with Gasteiger partial charge in [-0.05, 0) is 19.1 Å². The Bertz CT molecular complexity index is 558. The lowest BCUT2D eigenvalue weighted by atomic mass is 10.3. The molecular weight excluding hydrogens is 240 g/mol. The molecule has 0 atom stereocenters. The van der Waals surface area contributed by atoms with Crippen LogP contribution in [-0.4, -0.2) is 34.5 Å². The Kier molecular flexibility index (Phi) is 2.88. The highest BCUT2D eigenvalue weighted by Crippen LogP contribution is 2.15. The fourth-order valence-corrected chi connectivity index (χ4v) is 1.52. The van der Waals surface area contributed by atoms with Gasteiger partial charge < -0.3 is 14.8 Å². The largest absolute Gasteiger partial charge is 0.480 e. The lowest BCUT2D eigenvalue weighted by Crippen LogP contribution is -2.35. The molecule has 0 saturated carbocycles. The number of carboxylic acids is 1. The van der Waals surface area contributed by atoms with Crippen LogP contribution in [0.4, 0.5) is 4.79 Å². The quantitative estimate of drug-likeness (QED) is 0.603. The second kappa shape index (κ2) is 4.36. The van der Waals surface area contributed by atoms with Crippen LogP contribution in [0.1, 0.15) is 11.5 Å². The fraction of sp³-hybridized carbons (Fsp3) is 0.182. The first-order valence-electron chi connectivity index (χ1n) is 5.10. The maximum Gasteiger partial charge on any atom is 0.329 e. The number of hydrogen-bond acceptors (Lipinski definition) is 4. The molecule has 7 nitrogen and oxygen atoms in total. The summed E-state index contributed by atoms with van der Waals surface area (Å²) in [6, 6.07) is 2.60. The first kappa shape index (κ1) is 11.9. The van der Waals surface area contributed by atoms with E-state index in [0.29, 0.717) is 16.4 Å². The summed E-state index contributed by atoms with van der Waals surface area (Å²) in [5.74, 6) is -0.862. The van der Waals surface area contributed by atoms with E-state index in [2.05, 4.69) is 5.32 Å². The minimum atomic E-state index is -1.26. The summed E-state index contributed by atoms with van der Waals surface area (Å²) in [5.41, 5.74) is -0.00407. The van der Waals surface area contributed by atoms with E-state index in [0.717, 1.165) is 0 Å². The van der Waals surface area contributed by atoms with Crippen molar-refractivity contribution in [1.82, 2.24) is 10.2 Å². The van der Waals surface area contributed by atoms with E-state index in [1.165, 1.54) is 6.08 Å². The lowest BCUT2D eigenvalue weighted by Gasteiger charge is -2.06. The molecule has 0 aliphatic carbocycles. The van der Waals surface area contributed by atoms with E-state index >= 15 is 0 Å².